The second kappa shape index (κ2) is 9.85. The fourth-order valence-corrected chi connectivity index (χ4v) is 3.75. The molecule has 2 heterocycles. The van der Waals surface area contributed by atoms with Crippen molar-refractivity contribution in [2.75, 3.05) is 18.0 Å². The smallest absolute Gasteiger partial charge is 0.356 e. The number of benzene rings is 1. The Morgan fingerprint density at radius 2 is 1.88 bits per heavy atom. The number of halogens is 4. The summed E-state index contributed by atoms with van der Waals surface area (Å²) in [6.07, 6.45) is -2.82. The highest BCUT2D eigenvalue weighted by molar-refractivity contribution is 5.83. The molecule has 3 rings (SSSR count). The first-order valence-corrected chi connectivity index (χ1v) is 10.7. The van der Waals surface area contributed by atoms with Gasteiger partial charge in [0.15, 0.2) is 0 Å². The number of nitrogens with zero attached hydrogens (tertiary/aromatic N) is 2. The molecule has 1 amide bonds. The van der Waals surface area contributed by atoms with Crippen LogP contribution in [0.3, 0.4) is 0 Å². The molecule has 32 heavy (non-hydrogen) atoms. The lowest BCUT2D eigenvalue weighted by Gasteiger charge is -2.33. The van der Waals surface area contributed by atoms with E-state index in [0.29, 0.717) is 35.7 Å². The Balaban J connectivity index is 1.77. The summed E-state index contributed by atoms with van der Waals surface area (Å²) in [5.74, 6) is -0.718. The lowest BCUT2D eigenvalue weighted by atomic mass is 9.98. The molecule has 174 valence electrons. The molecule has 3 N–H and O–H groups in total. The molecular weight excluding hydrogens is 424 g/mol. The van der Waals surface area contributed by atoms with E-state index in [1.54, 1.807) is 19.1 Å². The molecule has 1 atom stereocenters. The van der Waals surface area contributed by atoms with Gasteiger partial charge in [-0.05, 0) is 43.4 Å². The molecule has 0 saturated carbocycles. The lowest BCUT2D eigenvalue weighted by Crippen LogP contribution is -2.35. The topological polar surface area (TPSA) is 71.2 Å². The van der Waals surface area contributed by atoms with Crippen LogP contribution >= 0.6 is 0 Å². The van der Waals surface area contributed by atoms with Gasteiger partial charge in [-0.2, -0.15) is 13.2 Å². The van der Waals surface area contributed by atoms with Crippen LogP contribution in [0.5, 0.6) is 0 Å². The van der Waals surface area contributed by atoms with Gasteiger partial charge in [-0.15, -0.1) is 0 Å². The Kier molecular flexibility index (Phi) is 7.38. The zero-order valence-electron chi connectivity index (χ0n) is 18.2. The third kappa shape index (κ3) is 5.56. The van der Waals surface area contributed by atoms with Crippen LogP contribution in [0.25, 0.3) is 0 Å². The minimum absolute atomic E-state index is 0.0268. The molecule has 9 heteroatoms. The molecule has 0 spiro atoms. The Morgan fingerprint density at radius 1 is 1.22 bits per heavy atom. The van der Waals surface area contributed by atoms with E-state index in [2.05, 4.69) is 17.2 Å². The number of pyridine rings is 1. The van der Waals surface area contributed by atoms with Crippen molar-refractivity contribution in [2.45, 2.75) is 51.9 Å². The van der Waals surface area contributed by atoms with Crippen molar-refractivity contribution >= 4 is 11.7 Å². The number of rotatable bonds is 6. The van der Waals surface area contributed by atoms with E-state index in [0.717, 1.165) is 18.9 Å². The van der Waals surface area contributed by atoms with Gasteiger partial charge in [0.1, 0.15) is 17.3 Å². The van der Waals surface area contributed by atoms with Crippen molar-refractivity contribution in [1.29, 1.82) is 0 Å². The highest BCUT2D eigenvalue weighted by Gasteiger charge is 2.34. The summed E-state index contributed by atoms with van der Waals surface area (Å²) in [5.41, 5.74) is 5.88. The summed E-state index contributed by atoms with van der Waals surface area (Å²) in [4.78, 5) is 18.4. The molecule has 1 aromatic heterocycles. The SMILES string of the molecule is CC1CCN(c2nc(C(F)(F)F)ccc2CNC(=O)C(C)c2ccc(CN)c(F)c2)CC1. The van der Waals surface area contributed by atoms with Crippen LogP contribution in [0, 0.1) is 11.7 Å². The van der Waals surface area contributed by atoms with Gasteiger partial charge < -0.3 is 16.0 Å². The largest absolute Gasteiger partial charge is 0.433 e. The molecule has 0 bridgehead atoms. The molecule has 1 aromatic carbocycles. The van der Waals surface area contributed by atoms with Crippen LogP contribution in [0.1, 0.15) is 55.0 Å². The Morgan fingerprint density at radius 3 is 2.47 bits per heavy atom. The highest BCUT2D eigenvalue weighted by atomic mass is 19.4. The minimum Gasteiger partial charge on any atom is -0.356 e. The standard InChI is InChI=1S/C23H28F4N4O/c1-14-7-9-31(10-8-14)21-18(5-6-20(30-21)23(25,26)27)13-29-22(32)15(2)16-3-4-17(12-28)19(24)11-16/h3-6,11,14-15H,7-10,12-13,28H2,1-2H3,(H,29,32). The van der Waals surface area contributed by atoms with E-state index in [1.807, 2.05) is 4.90 Å². The number of carbonyl (C=O) groups excluding carboxylic acids is 1. The van der Waals surface area contributed by atoms with Crippen molar-refractivity contribution in [3.63, 3.8) is 0 Å². The molecule has 0 radical (unpaired) electrons. The van der Waals surface area contributed by atoms with Crippen molar-refractivity contribution in [3.05, 3.63) is 58.5 Å². The Labute approximate surface area is 185 Å². The summed E-state index contributed by atoms with van der Waals surface area (Å²) >= 11 is 0. The first-order chi connectivity index (χ1) is 15.1. The monoisotopic (exact) mass is 452 g/mol. The molecule has 5 nitrogen and oxygen atoms in total. The minimum atomic E-state index is -4.55. The zero-order valence-corrected chi connectivity index (χ0v) is 18.2. The fourth-order valence-electron chi connectivity index (χ4n) is 3.75. The fraction of sp³-hybridized carbons (Fsp3) is 0.478. The van der Waals surface area contributed by atoms with Crippen LogP contribution in [0.2, 0.25) is 0 Å². The number of hydrogen-bond donors (Lipinski definition) is 2. The van der Waals surface area contributed by atoms with Gasteiger partial charge in [0, 0.05) is 37.3 Å². The molecule has 1 aliphatic heterocycles. The quantitative estimate of drug-likeness (QED) is 0.639. The summed E-state index contributed by atoms with van der Waals surface area (Å²) in [5, 5.41) is 2.76. The second-order valence-corrected chi connectivity index (χ2v) is 8.34. The van der Waals surface area contributed by atoms with Crippen LogP contribution in [0.15, 0.2) is 30.3 Å². The summed E-state index contributed by atoms with van der Waals surface area (Å²) in [6, 6.07) is 6.78. The van der Waals surface area contributed by atoms with Gasteiger partial charge in [0.25, 0.3) is 0 Å². The predicted octanol–water partition coefficient (Wildman–Crippen LogP) is 4.35. The first-order valence-electron chi connectivity index (χ1n) is 10.7. The van der Waals surface area contributed by atoms with E-state index < -0.39 is 23.6 Å². The van der Waals surface area contributed by atoms with E-state index in [-0.39, 0.29) is 24.8 Å². The zero-order chi connectivity index (χ0) is 23.5. The van der Waals surface area contributed by atoms with Gasteiger partial charge in [-0.25, -0.2) is 9.37 Å². The number of nitrogens with two attached hydrogens (primary N) is 1. The maximum absolute atomic E-state index is 14.0. The van der Waals surface area contributed by atoms with E-state index >= 15 is 0 Å². The number of hydrogen-bond acceptors (Lipinski definition) is 4. The van der Waals surface area contributed by atoms with E-state index in [9.17, 15) is 22.4 Å². The summed E-state index contributed by atoms with van der Waals surface area (Å²) in [7, 11) is 0. The average Bonchev–Trinajstić information content (AvgIpc) is 2.76. The number of alkyl halides is 3. The van der Waals surface area contributed by atoms with Gasteiger partial charge in [0.05, 0.1) is 5.92 Å². The number of carbonyl (C=O) groups is 1. The predicted molar refractivity (Wildman–Crippen MR) is 114 cm³/mol. The summed E-state index contributed by atoms with van der Waals surface area (Å²) < 4.78 is 53.7. The Hall–Kier alpha value is -2.68. The van der Waals surface area contributed by atoms with Crippen molar-refractivity contribution < 1.29 is 22.4 Å². The number of amides is 1. The van der Waals surface area contributed by atoms with Gasteiger partial charge in [-0.1, -0.05) is 25.1 Å². The third-order valence-corrected chi connectivity index (χ3v) is 5.97. The number of piperidine rings is 1. The lowest BCUT2D eigenvalue weighted by molar-refractivity contribution is -0.141. The molecule has 1 aliphatic rings. The maximum Gasteiger partial charge on any atom is 0.433 e. The second-order valence-electron chi connectivity index (χ2n) is 8.34. The summed E-state index contributed by atoms with van der Waals surface area (Å²) in [6.45, 7) is 5.07. The molecule has 1 unspecified atom stereocenters. The van der Waals surface area contributed by atoms with Crippen LogP contribution < -0.4 is 16.0 Å². The van der Waals surface area contributed by atoms with Gasteiger partial charge >= 0.3 is 6.18 Å². The molecule has 0 aliphatic carbocycles. The first kappa shape index (κ1) is 24.0. The molecule has 1 fully saturated rings. The molecular formula is C23H28F4N4O. The highest BCUT2D eigenvalue weighted by Crippen LogP contribution is 2.32. The third-order valence-electron chi connectivity index (χ3n) is 5.97. The Bertz CT molecular complexity index is 955. The van der Waals surface area contributed by atoms with Crippen LogP contribution in [0.4, 0.5) is 23.4 Å². The maximum atomic E-state index is 14.0. The van der Waals surface area contributed by atoms with Gasteiger partial charge in [-0.3, -0.25) is 4.79 Å². The number of nitrogens with one attached hydrogen (secondary N) is 1. The van der Waals surface area contributed by atoms with Crippen molar-refractivity contribution in [2.24, 2.45) is 11.7 Å². The normalized spacial score (nSPS) is 16.2. The van der Waals surface area contributed by atoms with Crippen molar-refractivity contribution in [3.8, 4) is 0 Å². The van der Waals surface area contributed by atoms with Crippen molar-refractivity contribution in [1.82, 2.24) is 10.3 Å². The number of anilines is 1. The molecule has 1 saturated heterocycles. The van der Waals surface area contributed by atoms with Crippen LogP contribution in [-0.2, 0) is 24.1 Å². The van der Waals surface area contributed by atoms with Gasteiger partial charge in [0.2, 0.25) is 5.91 Å². The average molecular weight is 452 g/mol. The number of aromatic nitrogens is 1. The van der Waals surface area contributed by atoms with E-state index in [1.165, 1.54) is 12.1 Å². The molecule has 2 aromatic rings. The van der Waals surface area contributed by atoms with E-state index in [4.69, 9.17) is 5.73 Å². The van der Waals surface area contributed by atoms with Crippen LogP contribution in [-0.4, -0.2) is 24.0 Å².